The van der Waals surface area contributed by atoms with Crippen LogP contribution in [0.2, 0.25) is 0 Å². The third-order valence-electron chi connectivity index (χ3n) is 1.82. The van der Waals surface area contributed by atoms with E-state index in [-0.39, 0.29) is 0 Å². The quantitative estimate of drug-likeness (QED) is 0.815. The lowest BCUT2D eigenvalue weighted by atomic mass is 9.93. The van der Waals surface area contributed by atoms with Crippen LogP contribution in [-0.4, -0.2) is 10.6 Å². The van der Waals surface area contributed by atoms with Gasteiger partial charge >= 0.3 is 0 Å². The van der Waals surface area contributed by atoms with Gasteiger partial charge in [-0.15, -0.1) is 0 Å². The number of rotatable bonds is 2. The number of aliphatic hydroxyl groups is 1. The fourth-order valence-corrected chi connectivity index (χ4v) is 1.06. The Morgan fingerprint density at radius 2 is 1.22 bits per heavy atom. The van der Waals surface area contributed by atoms with Gasteiger partial charge in [0.15, 0.2) is 0 Å². The lowest BCUT2D eigenvalue weighted by Crippen LogP contribution is -2.39. The number of hydrogen-bond acceptors (Lipinski definition) is 2. The van der Waals surface area contributed by atoms with Gasteiger partial charge in [-0.3, -0.25) is 0 Å². The lowest BCUT2D eigenvalue weighted by Gasteiger charge is -2.25. The van der Waals surface area contributed by atoms with E-state index in [1.54, 1.807) is 0 Å². The van der Waals surface area contributed by atoms with Gasteiger partial charge in [0.1, 0.15) is 0 Å². The van der Waals surface area contributed by atoms with E-state index in [2.05, 4.69) is 0 Å². The summed E-state index contributed by atoms with van der Waals surface area (Å²) in [5, 5.41) is 9.73. The molecule has 0 saturated heterocycles. The summed E-state index contributed by atoms with van der Waals surface area (Å²) in [5.74, 6) is 0. The predicted molar refractivity (Wildman–Crippen MR) is 83.7 cm³/mol. The normalized spacial score (nSPS) is 10.6. The summed E-state index contributed by atoms with van der Waals surface area (Å²) < 4.78 is 0. The van der Waals surface area contributed by atoms with Gasteiger partial charge in [0.2, 0.25) is 0 Å². The van der Waals surface area contributed by atoms with E-state index in [4.69, 9.17) is 5.73 Å². The van der Waals surface area contributed by atoms with Crippen LogP contribution in [-0.2, 0) is 0 Å². The molecular formula is C16H33NO. The van der Waals surface area contributed by atoms with Crippen molar-refractivity contribution in [1.82, 2.24) is 0 Å². The van der Waals surface area contributed by atoms with Crippen molar-refractivity contribution in [2.45, 2.75) is 67.0 Å². The maximum absolute atomic E-state index is 9.73. The van der Waals surface area contributed by atoms with Crippen LogP contribution in [0.25, 0.3) is 0 Å². The Balaban J connectivity index is -0.000000328. The fraction of sp³-hybridized carbons (Fsp3) is 0.625. The van der Waals surface area contributed by atoms with Gasteiger partial charge in [0.25, 0.3) is 0 Å². The molecule has 0 fully saturated rings. The predicted octanol–water partition coefficient (Wildman–Crippen LogP) is 4.54. The highest BCUT2D eigenvalue weighted by atomic mass is 16.3. The van der Waals surface area contributed by atoms with E-state index in [0.717, 1.165) is 5.56 Å². The second-order valence-corrected chi connectivity index (χ2v) is 3.63. The van der Waals surface area contributed by atoms with Crippen molar-refractivity contribution in [1.29, 1.82) is 0 Å². The minimum atomic E-state index is -0.598. The second-order valence-electron chi connectivity index (χ2n) is 3.63. The van der Waals surface area contributed by atoms with Crippen LogP contribution in [0.4, 0.5) is 0 Å². The third kappa shape index (κ3) is 10.3. The third-order valence-corrected chi connectivity index (χ3v) is 1.82. The minimum absolute atomic E-state index is 0.582. The molecule has 3 N–H and O–H groups in total. The molecule has 0 spiro atoms. The van der Waals surface area contributed by atoms with Crippen LogP contribution in [0.15, 0.2) is 30.3 Å². The SMILES string of the molecule is CC.CC.CC.CC(C)(N)C(O)c1ccccc1. The van der Waals surface area contributed by atoms with Crippen molar-refractivity contribution < 1.29 is 5.11 Å². The molecule has 1 aromatic carbocycles. The largest absolute Gasteiger partial charge is 0.387 e. The zero-order valence-corrected chi connectivity index (χ0v) is 13.5. The second kappa shape index (κ2) is 14.2. The average molecular weight is 255 g/mol. The zero-order valence-electron chi connectivity index (χ0n) is 13.5. The molecule has 0 aliphatic rings. The molecule has 0 amide bonds. The molecule has 0 aliphatic carbocycles. The van der Waals surface area contributed by atoms with Crippen LogP contribution in [0.1, 0.15) is 67.1 Å². The summed E-state index contributed by atoms with van der Waals surface area (Å²) in [7, 11) is 0. The van der Waals surface area contributed by atoms with Gasteiger partial charge in [-0.05, 0) is 19.4 Å². The molecule has 1 aromatic rings. The molecule has 18 heavy (non-hydrogen) atoms. The summed E-state index contributed by atoms with van der Waals surface area (Å²) in [5.41, 5.74) is 6.04. The molecule has 2 nitrogen and oxygen atoms in total. The highest BCUT2D eigenvalue weighted by Gasteiger charge is 2.23. The van der Waals surface area contributed by atoms with Crippen molar-refractivity contribution in [3.8, 4) is 0 Å². The van der Waals surface area contributed by atoms with Crippen LogP contribution < -0.4 is 5.73 Å². The van der Waals surface area contributed by atoms with E-state index in [0.29, 0.717) is 0 Å². The first-order chi connectivity index (χ1) is 8.52. The first kappa shape index (κ1) is 22.3. The van der Waals surface area contributed by atoms with Gasteiger partial charge < -0.3 is 10.8 Å². The molecule has 0 saturated carbocycles. The molecule has 0 aromatic heterocycles. The standard InChI is InChI=1S/C10H15NO.3C2H6/c1-10(2,11)9(12)8-6-4-3-5-7-8;3*1-2/h3-7,9,12H,11H2,1-2H3;3*1-2H3. The van der Waals surface area contributed by atoms with Crippen molar-refractivity contribution in [3.05, 3.63) is 35.9 Å². The van der Waals surface area contributed by atoms with Gasteiger partial charge in [-0.25, -0.2) is 0 Å². The number of hydrogen-bond donors (Lipinski definition) is 2. The Bertz CT molecular complexity index is 239. The fourth-order valence-electron chi connectivity index (χ4n) is 1.06. The molecule has 2 heteroatoms. The van der Waals surface area contributed by atoms with Gasteiger partial charge in [-0.1, -0.05) is 71.9 Å². The average Bonchev–Trinajstić information content (AvgIpc) is 2.44. The Morgan fingerprint density at radius 3 is 1.50 bits per heavy atom. The van der Waals surface area contributed by atoms with Crippen molar-refractivity contribution in [2.24, 2.45) is 5.73 Å². The smallest absolute Gasteiger partial charge is 0.0963 e. The van der Waals surface area contributed by atoms with E-state index >= 15 is 0 Å². The van der Waals surface area contributed by atoms with E-state index in [1.807, 2.05) is 85.7 Å². The van der Waals surface area contributed by atoms with Crippen LogP contribution in [0, 0.1) is 0 Å². The zero-order chi connectivity index (χ0) is 15.2. The number of benzene rings is 1. The van der Waals surface area contributed by atoms with Crippen LogP contribution in [0.3, 0.4) is 0 Å². The Hall–Kier alpha value is -0.860. The minimum Gasteiger partial charge on any atom is -0.387 e. The molecule has 0 aliphatic heterocycles. The van der Waals surface area contributed by atoms with Crippen molar-refractivity contribution in [2.75, 3.05) is 0 Å². The summed E-state index contributed by atoms with van der Waals surface area (Å²) in [6.07, 6.45) is -0.598. The Morgan fingerprint density at radius 1 is 0.889 bits per heavy atom. The monoisotopic (exact) mass is 255 g/mol. The van der Waals surface area contributed by atoms with E-state index < -0.39 is 11.6 Å². The first-order valence-electron chi connectivity index (χ1n) is 7.03. The van der Waals surface area contributed by atoms with Crippen LogP contribution in [0.5, 0.6) is 0 Å². The molecule has 0 heterocycles. The lowest BCUT2D eigenvalue weighted by molar-refractivity contribution is 0.104. The number of nitrogens with two attached hydrogens (primary N) is 1. The van der Waals surface area contributed by atoms with Gasteiger partial charge in [0, 0.05) is 5.54 Å². The molecule has 1 unspecified atom stereocenters. The molecule has 0 bridgehead atoms. The highest BCUT2D eigenvalue weighted by molar-refractivity contribution is 5.20. The van der Waals surface area contributed by atoms with E-state index in [9.17, 15) is 5.11 Å². The van der Waals surface area contributed by atoms with Crippen LogP contribution >= 0.6 is 0 Å². The maximum Gasteiger partial charge on any atom is 0.0963 e. The highest BCUT2D eigenvalue weighted by Crippen LogP contribution is 2.22. The van der Waals surface area contributed by atoms with Crippen molar-refractivity contribution >= 4 is 0 Å². The first-order valence-corrected chi connectivity index (χ1v) is 7.03. The molecular weight excluding hydrogens is 222 g/mol. The van der Waals surface area contributed by atoms with E-state index in [1.165, 1.54) is 0 Å². The topological polar surface area (TPSA) is 46.2 Å². The summed E-state index contributed by atoms with van der Waals surface area (Å²) in [6, 6.07) is 9.45. The number of aliphatic hydroxyl groups excluding tert-OH is 1. The maximum atomic E-state index is 9.73. The summed E-state index contributed by atoms with van der Waals surface area (Å²) in [6.45, 7) is 15.6. The van der Waals surface area contributed by atoms with Gasteiger partial charge in [0.05, 0.1) is 6.10 Å². The van der Waals surface area contributed by atoms with Crippen molar-refractivity contribution in [3.63, 3.8) is 0 Å². The summed E-state index contributed by atoms with van der Waals surface area (Å²) >= 11 is 0. The van der Waals surface area contributed by atoms with Gasteiger partial charge in [-0.2, -0.15) is 0 Å². The molecule has 108 valence electrons. The Labute approximate surface area is 114 Å². The molecule has 0 radical (unpaired) electrons. The Kier molecular flexibility index (Phi) is 17.6. The molecule has 1 rings (SSSR count). The summed E-state index contributed by atoms with van der Waals surface area (Å²) in [4.78, 5) is 0. The molecule has 1 atom stereocenters.